The topological polar surface area (TPSA) is 42.7 Å². The summed E-state index contributed by atoms with van der Waals surface area (Å²) >= 11 is 0. The van der Waals surface area contributed by atoms with E-state index in [0.29, 0.717) is 17.2 Å². The van der Waals surface area contributed by atoms with Crippen molar-refractivity contribution in [1.29, 1.82) is 0 Å². The third kappa shape index (κ3) is 5.13. The van der Waals surface area contributed by atoms with E-state index in [9.17, 15) is 4.79 Å². The molecule has 1 aliphatic rings. The standard InChI is InChI=1S/C28H27NO3.ClH/c1-20-25-14-5-6-15-26(25)32-27(20)19-29-16-8-12-23(18-29)22-11-7-13-24(17-22)31-28(30)21-9-3-2-4-10-21;/h2-7,9-11,13-15,17,23H,8,12,16,18-19H2,1H3;1H. The first-order valence-corrected chi connectivity index (χ1v) is 11.2. The van der Waals surface area contributed by atoms with Crippen molar-refractivity contribution < 1.29 is 13.9 Å². The molecule has 3 aromatic carbocycles. The molecular formula is C28H28ClNO3. The Labute approximate surface area is 200 Å². The number of furan rings is 1. The molecule has 1 fully saturated rings. The van der Waals surface area contributed by atoms with Crippen molar-refractivity contribution in [2.45, 2.75) is 32.2 Å². The van der Waals surface area contributed by atoms with Gasteiger partial charge in [0.15, 0.2) is 0 Å². The lowest BCUT2D eigenvalue weighted by Crippen LogP contribution is -2.33. The molecule has 2 heterocycles. The molecule has 1 aliphatic heterocycles. The van der Waals surface area contributed by atoms with Gasteiger partial charge in [-0.25, -0.2) is 4.79 Å². The largest absolute Gasteiger partial charge is 0.459 e. The first kappa shape index (κ1) is 23.1. The Morgan fingerprint density at radius 1 is 1.03 bits per heavy atom. The highest BCUT2D eigenvalue weighted by Crippen LogP contribution is 2.32. The van der Waals surface area contributed by atoms with Crippen LogP contribution in [0.3, 0.4) is 0 Å². The number of fused-ring (bicyclic) bond motifs is 1. The molecule has 1 aromatic heterocycles. The maximum absolute atomic E-state index is 12.4. The molecule has 5 rings (SSSR count). The quantitative estimate of drug-likeness (QED) is 0.243. The van der Waals surface area contributed by atoms with E-state index in [2.05, 4.69) is 30.0 Å². The summed E-state index contributed by atoms with van der Waals surface area (Å²) in [5.41, 5.74) is 3.97. The zero-order chi connectivity index (χ0) is 21.9. The van der Waals surface area contributed by atoms with Crippen molar-refractivity contribution in [3.05, 3.63) is 101 Å². The van der Waals surface area contributed by atoms with Gasteiger partial charge in [-0.2, -0.15) is 0 Å². The molecule has 4 nitrogen and oxygen atoms in total. The second-order valence-corrected chi connectivity index (χ2v) is 8.55. The number of hydrogen-bond donors (Lipinski definition) is 0. The first-order chi connectivity index (χ1) is 15.7. The summed E-state index contributed by atoms with van der Waals surface area (Å²) in [7, 11) is 0. The van der Waals surface area contributed by atoms with Crippen LogP contribution in [0.1, 0.15) is 46.0 Å². The van der Waals surface area contributed by atoms with Gasteiger partial charge in [0.1, 0.15) is 17.1 Å². The van der Waals surface area contributed by atoms with E-state index in [-0.39, 0.29) is 18.4 Å². The summed E-state index contributed by atoms with van der Waals surface area (Å²) in [5, 5.41) is 1.20. The second-order valence-electron chi connectivity index (χ2n) is 8.55. The monoisotopic (exact) mass is 461 g/mol. The predicted molar refractivity (Wildman–Crippen MR) is 133 cm³/mol. The molecule has 170 valence electrons. The van der Waals surface area contributed by atoms with Gasteiger partial charge >= 0.3 is 5.97 Å². The lowest BCUT2D eigenvalue weighted by Gasteiger charge is -2.32. The summed E-state index contributed by atoms with van der Waals surface area (Å²) in [6, 6.07) is 25.3. The van der Waals surface area contributed by atoms with E-state index in [1.807, 2.05) is 48.5 Å². The molecule has 0 saturated carbocycles. The van der Waals surface area contributed by atoms with E-state index in [1.54, 1.807) is 12.1 Å². The van der Waals surface area contributed by atoms with Crippen LogP contribution in [0.2, 0.25) is 0 Å². The Morgan fingerprint density at radius 2 is 1.82 bits per heavy atom. The maximum atomic E-state index is 12.4. The Hall–Kier alpha value is -3.08. The van der Waals surface area contributed by atoms with Crippen LogP contribution in [-0.4, -0.2) is 24.0 Å². The number of piperidine rings is 1. The normalized spacial score (nSPS) is 16.3. The summed E-state index contributed by atoms with van der Waals surface area (Å²) < 4.78 is 11.8. The van der Waals surface area contributed by atoms with E-state index in [4.69, 9.17) is 9.15 Å². The predicted octanol–water partition coefficient (Wildman–Crippen LogP) is 6.76. The van der Waals surface area contributed by atoms with Crippen LogP contribution in [0.15, 0.2) is 83.3 Å². The van der Waals surface area contributed by atoms with Gasteiger partial charge < -0.3 is 9.15 Å². The van der Waals surface area contributed by atoms with Crippen LogP contribution >= 0.6 is 12.4 Å². The number of aryl methyl sites for hydroxylation is 1. The summed E-state index contributed by atoms with van der Waals surface area (Å²) in [5.74, 6) is 1.73. The number of hydrogen-bond acceptors (Lipinski definition) is 4. The van der Waals surface area contributed by atoms with E-state index < -0.39 is 0 Å². The molecule has 1 atom stereocenters. The molecular weight excluding hydrogens is 434 g/mol. The Balaban J connectivity index is 0.00000259. The number of para-hydroxylation sites is 1. The number of carbonyl (C=O) groups excluding carboxylic acids is 1. The average molecular weight is 462 g/mol. The Kier molecular flexibility index (Phi) is 7.17. The number of ether oxygens (including phenoxy) is 1. The first-order valence-electron chi connectivity index (χ1n) is 11.2. The van der Waals surface area contributed by atoms with Crippen molar-refractivity contribution >= 4 is 29.3 Å². The van der Waals surface area contributed by atoms with Crippen LogP contribution in [0.25, 0.3) is 11.0 Å². The van der Waals surface area contributed by atoms with Gasteiger partial charge in [0, 0.05) is 11.9 Å². The Morgan fingerprint density at radius 3 is 2.64 bits per heavy atom. The van der Waals surface area contributed by atoms with Crippen LogP contribution in [-0.2, 0) is 6.54 Å². The van der Waals surface area contributed by atoms with E-state index in [0.717, 1.165) is 43.8 Å². The number of likely N-dealkylation sites (tertiary alicyclic amines) is 1. The average Bonchev–Trinajstić information content (AvgIpc) is 3.15. The van der Waals surface area contributed by atoms with Crippen molar-refractivity contribution in [2.24, 2.45) is 0 Å². The summed E-state index contributed by atoms with van der Waals surface area (Å²) in [4.78, 5) is 14.9. The van der Waals surface area contributed by atoms with Crippen LogP contribution in [0, 0.1) is 6.92 Å². The van der Waals surface area contributed by atoms with E-state index >= 15 is 0 Å². The minimum absolute atomic E-state index is 0. The minimum Gasteiger partial charge on any atom is -0.459 e. The van der Waals surface area contributed by atoms with Gasteiger partial charge in [-0.3, -0.25) is 4.90 Å². The highest BCUT2D eigenvalue weighted by atomic mass is 35.5. The molecule has 0 radical (unpaired) electrons. The molecule has 33 heavy (non-hydrogen) atoms. The fourth-order valence-corrected chi connectivity index (χ4v) is 4.62. The molecule has 1 unspecified atom stereocenters. The number of rotatable bonds is 5. The lowest BCUT2D eigenvalue weighted by molar-refractivity contribution is 0.0734. The molecule has 0 amide bonds. The zero-order valence-corrected chi connectivity index (χ0v) is 19.5. The van der Waals surface area contributed by atoms with Crippen molar-refractivity contribution in [1.82, 2.24) is 4.90 Å². The van der Waals surface area contributed by atoms with Crippen molar-refractivity contribution in [2.75, 3.05) is 13.1 Å². The van der Waals surface area contributed by atoms with Crippen LogP contribution in [0.4, 0.5) is 0 Å². The molecule has 4 aromatic rings. The van der Waals surface area contributed by atoms with Gasteiger partial charge in [-0.1, -0.05) is 48.5 Å². The lowest BCUT2D eigenvalue weighted by atomic mass is 9.90. The molecule has 0 bridgehead atoms. The highest BCUT2D eigenvalue weighted by molar-refractivity contribution is 5.91. The second kappa shape index (κ2) is 10.2. The molecule has 1 saturated heterocycles. The Bertz CT molecular complexity index is 1230. The van der Waals surface area contributed by atoms with E-state index in [1.165, 1.54) is 16.5 Å². The van der Waals surface area contributed by atoms with Crippen molar-refractivity contribution in [3.8, 4) is 5.75 Å². The summed E-state index contributed by atoms with van der Waals surface area (Å²) in [6.45, 7) is 5.00. The zero-order valence-electron chi connectivity index (χ0n) is 18.7. The number of nitrogens with zero attached hydrogens (tertiary/aromatic N) is 1. The number of carbonyl (C=O) groups is 1. The fourth-order valence-electron chi connectivity index (χ4n) is 4.62. The van der Waals surface area contributed by atoms with Crippen molar-refractivity contribution in [3.63, 3.8) is 0 Å². The smallest absolute Gasteiger partial charge is 0.343 e. The molecule has 0 spiro atoms. The SMILES string of the molecule is Cc1c(CN2CCCC(c3cccc(OC(=O)c4ccccc4)c3)C2)oc2ccccc12.Cl. The third-order valence-electron chi connectivity index (χ3n) is 6.36. The van der Waals surface area contributed by atoms with Gasteiger partial charge in [0.05, 0.1) is 12.1 Å². The summed E-state index contributed by atoms with van der Waals surface area (Å²) in [6.07, 6.45) is 2.27. The number of esters is 1. The van der Waals surface area contributed by atoms with Crippen LogP contribution in [0.5, 0.6) is 5.75 Å². The molecule has 0 N–H and O–H groups in total. The molecule has 5 heteroatoms. The number of benzene rings is 3. The fraction of sp³-hybridized carbons (Fsp3) is 0.250. The van der Waals surface area contributed by atoms with Gasteiger partial charge in [-0.05, 0) is 73.7 Å². The maximum Gasteiger partial charge on any atom is 0.343 e. The number of halogens is 1. The van der Waals surface area contributed by atoms with Crippen LogP contribution < -0.4 is 4.74 Å². The minimum atomic E-state index is -0.326. The van der Waals surface area contributed by atoms with Gasteiger partial charge in [0.2, 0.25) is 0 Å². The highest BCUT2D eigenvalue weighted by Gasteiger charge is 2.24. The van der Waals surface area contributed by atoms with Gasteiger partial charge in [0.25, 0.3) is 0 Å². The van der Waals surface area contributed by atoms with Gasteiger partial charge in [-0.15, -0.1) is 12.4 Å². The third-order valence-corrected chi connectivity index (χ3v) is 6.36. The molecule has 0 aliphatic carbocycles.